The molecule has 0 heterocycles. The second-order valence-corrected chi connectivity index (χ2v) is 23.8. The van der Waals surface area contributed by atoms with Crippen LogP contribution in [0.3, 0.4) is 0 Å². The van der Waals surface area contributed by atoms with Gasteiger partial charge in [-0.1, -0.05) is 313 Å². The smallest absolute Gasteiger partial charge is 0.0340 e. The summed E-state index contributed by atoms with van der Waals surface area (Å²) < 4.78 is 0. The number of aryl methyl sites for hydroxylation is 7. The molecule has 0 aliphatic heterocycles. The standard InChI is InChI=1S/C84H82/c1-8-11-12-13-16-76-57-77(80-52-50-78(55-60(80)6)83(72-41-33-68(34-42-72)64-25-17-58(4)18-26-64)73-45-37-70(38-46-73)66-29-21-62(14-9-2)22-30-66)49-54-82(76)81-53-51-79(56-61(81)7)84(74-43-35-69(36-44-74)65-27-19-59(5)20-28-65)75-47-39-71(40-48-75)67-31-23-63(15-10-3)24-32-67/h17-57,83-84H,8-16H2,1-7H3. The van der Waals surface area contributed by atoms with E-state index in [0.29, 0.717) is 0 Å². The lowest BCUT2D eigenvalue weighted by Crippen LogP contribution is -2.05. The zero-order chi connectivity index (χ0) is 57.9. The molecule has 0 spiro atoms. The maximum absolute atomic E-state index is 2.52. The molecule has 2 unspecified atom stereocenters. The number of benzene rings is 11. The fraction of sp³-hybridized carbons (Fsp3) is 0.214. The predicted octanol–water partition coefficient (Wildman–Crippen LogP) is 23.3. The van der Waals surface area contributed by atoms with E-state index in [1.807, 2.05) is 0 Å². The zero-order valence-electron chi connectivity index (χ0n) is 50.7. The molecule has 0 saturated heterocycles. The Balaban J connectivity index is 0.923. The molecule has 0 fully saturated rings. The minimum absolute atomic E-state index is 0.0675. The lowest BCUT2D eigenvalue weighted by Gasteiger charge is -2.22. The second-order valence-electron chi connectivity index (χ2n) is 23.8. The highest BCUT2D eigenvalue weighted by Crippen LogP contribution is 2.41. The lowest BCUT2D eigenvalue weighted by molar-refractivity contribution is 0.667. The van der Waals surface area contributed by atoms with Crippen LogP contribution >= 0.6 is 0 Å². The van der Waals surface area contributed by atoms with E-state index in [-0.39, 0.29) is 11.8 Å². The molecule has 0 N–H and O–H groups in total. The summed E-state index contributed by atoms with van der Waals surface area (Å²) in [6, 6.07) is 95.1. The highest BCUT2D eigenvalue weighted by Gasteiger charge is 2.22. The van der Waals surface area contributed by atoms with Crippen molar-refractivity contribution in [2.24, 2.45) is 0 Å². The van der Waals surface area contributed by atoms with Crippen molar-refractivity contribution in [1.82, 2.24) is 0 Å². The molecule has 0 heteroatoms. The highest BCUT2D eigenvalue weighted by atomic mass is 14.3. The Labute approximate surface area is 503 Å². The van der Waals surface area contributed by atoms with Gasteiger partial charge in [0.05, 0.1) is 0 Å². The van der Waals surface area contributed by atoms with Crippen molar-refractivity contribution in [2.75, 3.05) is 0 Å². The predicted molar refractivity (Wildman–Crippen MR) is 362 cm³/mol. The van der Waals surface area contributed by atoms with Crippen LogP contribution in [0.2, 0.25) is 0 Å². The summed E-state index contributed by atoms with van der Waals surface area (Å²) in [5.74, 6) is 0.135. The van der Waals surface area contributed by atoms with Crippen LogP contribution < -0.4 is 0 Å². The first kappa shape index (κ1) is 57.2. The summed E-state index contributed by atoms with van der Waals surface area (Å²) >= 11 is 0. The van der Waals surface area contributed by atoms with E-state index in [2.05, 4.69) is 297 Å². The zero-order valence-corrected chi connectivity index (χ0v) is 50.7. The Morgan fingerprint density at radius 2 is 0.548 bits per heavy atom. The Morgan fingerprint density at radius 1 is 0.238 bits per heavy atom. The van der Waals surface area contributed by atoms with Gasteiger partial charge in [-0.3, -0.25) is 0 Å². The average molecular weight is 1090 g/mol. The molecule has 84 heavy (non-hydrogen) atoms. The molecule has 0 nitrogen and oxygen atoms in total. The van der Waals surface area contributed by atoms with Crippen LogP contribution in [-0.4, -0.2) is 0 Å². The first-order chi connectivity index (χ1) is 41.1. The van der Waals surface area contributed by atoms with E-state index in [1.165, 1.54) is 165 Å². The molecule has 0 radical (unpaired) electrons. The molecular formula is C84H82. The monoisotopic (exact) mass is 1090 g/mol. The van der Waals surface area contributed by atoms with Crippen LogP contribution in [0.25, 0.3) is 66.8 Å². The third kappa shape index (κ3) is 13.3. The van der Waals surface area contributed by atoms with Crippen LogP contribution in [0, 0.1) is 27.7 Å². The van der Waals surface area contributed by atoms with E-state index in [4.69, 9.17) is 0 Å². The van der Waals surface area contributed by atoms with Gasteiger partial charge in [-0.2, -0.15) is 0 Å². The largest absolute Gasteiger partial charge is 0.0654 e. The Morgan fingerprint density at radius 3 is 0.893 bits per heavy atom. The van der Waals surface area contributed by atoms with Crippen molar-refractivity contribution < 1.29 is 0 Å². The van der Waals surface area contributed by atoms with Gasteiger partial charge in [0, 0.05) is 11.8 Å². The van der Waals surface area contributed by atoms with E-state index >= 15 is 0 Å². The van der Waals surface area contributed by atoms with Crippen molar-refractivity contribution in [2.45, 2.75) is 118 Å². The third-order valence-corrected chi connectivity index (χ3v) is 17.6. The Bertz CT molecular complexity index is 3910. The van der Waals surface area contributed by atoms with Gasteiger partial charge < -0.3 is 0 Å². The van der Waals surface area contributed by atoms with Gasteiger partial charge in [-0.05, 0) is 181 Å². The first-order valence-corrected chi connectivity index (χ1v) is 31.2. The van der Waals surface area contributed by atoms with Crippen molar-refractivity contribution >= 4 is 0 Å². The molecule has 0 amide bonds. The topological polar surface area (TPSA) is 0 Å². The third-order valence-electron chi connectivity index (χ3n) is 17.6. The van der Waals surface area contributed by atoms with Crippen molar-refractivity contribution in [3.05, 3.63) is 321 Å². The fourth-order valence-corrected chi connectivity index (χ4v) is 12.8. The molecular weight excluding hydrogens is 1010 g/mol. The van der Waals surface area contributed by atoms with Gasteiger partial charge in [0.2, 0.25) is 0 Å². The van der Waals surface area contributed by atoms with Crippen LogP contribution in [0.5, 0.6) is 0 Å². The second kappa shape index (κ2) is 26.8. The molecule has 0 saturated carbocycles. The van der Waals surface area contributed by atoms with E-state index < -0.39 is 0 Å². The minimum Gasteiger partial charge on any atom is -0.0654 e. The summed E-state index contributed by atoms with van der Waals surface area (Å²) in [6.07, 6.45) is 10.5. The van der Waals surface area contributed by atoms with Gasteiger partial charge >= 0.3 is 0 Å². The summed E-state index contributed by atoms with van der Waals surface area (Å²) in [6.45, 7) is 15.7. The van der Waals surface area contributed by atoms with Crippen molar-refractivity contribution in [3.8, 4) is 66.8 Å². The van der Waals surface area contributed by atoms with Crippen LogP contribution in [-0.2, 0) is 19.3 Å². The van der Waals surface area contributed by atoms with Crippen LogP contribution in [0.4, 0.5) is 0 Å². The van der Waals surface area contributed by atoms with Gasteiger partial charge in [0.25, 0.3) is 0 Å². The van der Waals surface area contributed by atoms with E-state index in [9.17, 15) is 0 Å². The van der Waals surface area contributed by atoms with E-state index in [0.717, 1.165) is 32.1 Å². The van der Waals surface area contributed by atoms with Crippen molar-refractivity contribution in [3.63, 3.8) is 0 Å². The highest BCUT2D eigenvalue weighted by molar-refractivity contribution is 5.78. The van der Waals surface area contributed by atoms with Gasteiger partial charge in [0.15, 0.2) is 0 Å². The SMILES string of the molecule is CCCCCCc1cc(-c2ccc(C(c3ccc(-c4ccc(C)cc4)cc3)c3ccc(-c4ccc(CCC)cc4)cc3)cc2C)ccc1-c1ccc(C(c2ccc(-c3ccc(C)cc3)cc2)c2ccc(-c3ccc(CCC)cc3)cc2)cc1C. The lowest BCUT2D eigenvalue weighted by atomic mass is 9.81. The molecule has 2 atom stereocenters. The minimum atomic E-state index is 0.0675. The van der Waals surface area contributed by atoms with Gasteiger partial charge in [-0.25, -0.2) is 0 Å². The summed E-state index contributed by atoms with van der Waals surface area (Å²) in [5.41, 5.74) is 32.4. The molecule has 0 aromatic heterocycles. The molecule has 418 valence electrons. The molecule has 0 aliphatic carbocycles. The maximum Gasteiger partial charge on any atom is 0.0340 e. The molecule has 0 bridgehead atoms. The van der Waals surface area contributed by atoms with E-state index in [1.54, 1.807) is 0 Å². The molecule has 11 rings (SSSR count). The van der Waals surface area contributed by atoms with Gasteiger partial charge in [0.1, 0.15) is 0 Å². The molecule has 11 aromatic carbocycles. The first-order valence-electron chi connectivity index (χ1n) is 31.2. The van der Waals surface area contributed by atoms with Gasteiger partial charge in [-0.15, -0.1) is 0 Å². The average Bonchev–Trinajstić information content (AvgIpc) is 3.62. The number of unbranched alkanes of at least 4 members (excludes halogenated alkanes) is 3. The summed E-state index contributed by atoms with van der Waals surface area (Å²) in [7, 11) is 0. The Hall–Kier alpha value is -8.58. The normalized spacial score (nSPS) is 12.1. The Kier molecular flexibility index (Phi) is 18.2. The summed E-state index contributed by atoms with van der Waals surface area (Å²) in [5, 5.41) is 0. The number of hydrogen-bond acceptors (Lipinski definition) is 0. The van der Waals surface area contributed by atoms with Crippen LogP contribution in [0.1, 0.15) is 143 Å². The maximum atomic E-state index is 2.52. The quantitative estimate of drug-likeness (QED) is 0.0497. The summed E-state index contributed by atoms with van der Waals surface area (Å²) in [4.78, 5) is 0. The fourth-order valence-electron chi connectivity index (χ4n) is 12.8. The van der Waals surface area contributed by atoms with Crippen molar-refractivity contribution in [1.29, 1.82) is 0 Å². The van der Waals surface area contributed by atoms with Crippen LogP contribution in [0.15, 0.2) is 249 Å². The number of hydrogen-bond donors (Lipinski definition) is 0. The molecule has 11 aromatic rings. The molecule has 0 aliphatic rings. The number of rotatable bonds is 21.